The Balaban J connectivity index is 1.52. The number of fused-ring (bicyclic) bond motifs is 2. The van der Waals surface area contributed by atoms with Crippen LogP contribution in [-0.4, -0.2) is 22.9 Å². The van der Waals surface area contributed by atoms with E-state index in [-0.39, 0.29) is 12.2 Å². The third-order valence-electron chi connectivity index (χ3n) is 4.48. The summed E-state index contributed by atoms with van der Waals surface area (Å²) in [4.78, 5) is 0. The van der Waals surface area contributed by atoms with E-state index in [9.17, 15) is 0 Å². The van der Waals surface area contributed by atoms with Crippen LogP contribution in [0.15, 0.2) is 36.4 Å². The van der Waals surface area contributed by atoms with Crippen LogP contribution >= 0.6 is 31.9 Å². The fraction of sp³-hybridized carbons (Fsp3) is 0.368. The highest BCUT2D eigenvalue weighted by Crippen LogP contribution is 2.33. The Morgan fingerprint density at radius 1 is 0.783 bits per heavy atom. The van der Waals surface area contributed by atoms with E-state index >= 15 is 0 Å². The second kappa shape index (κ2) is 6.48. The first-order valence-corrected chi connectivity index (χ1v) is 10.2. The Hall–Kier alpha value is -1.00. The highest BCUT2D eigenvalue weighted by atomic mass is 79.9. The first kappa shape index (κ1) is 15.5. The Morgan fingerprint density at radius 2 is 1.26 bits per heavy atom. The van der Waals surface area contributed by atoms with E-state index in [4.69, 9.17) is 9.47 Å². The third-order valence-corrected chi connectivity index (χ3v) is 5.93. The lowest BCUT2D eigenvalue weighted by atomic mass is 9.99. The summed E-state index contributed by atoms with van der Waals surface area (Å²) < 4.78 is 11.8. The van der Waals surface area contributed by atoms with Crippen molar-refractivity contribution in [3.63, 3.8) is 0 Å². The van der Waals surface area contributed by atoms with Crippen LogP contribution in [0.5, 0.6) is 11.5 Å². The van der Waals surface area contributed by atoms with Gasteiger partial charge in [0.15, 0.2) is 0 Å². The van der Waals surface area contributed by atoms with E-state index < -0.39 is 0 Å². The Bertz CT molecular complexity index is 668. The number of benzene rings is 2. The molecular formula is C19H18Br2O2. The smallest absolute Gasteiger partial charge is 0.123 e. The molecule has 2 aromatic rings. The van der Waals surface area contributed by atoms with Crippen LogP contribution in [0.3, 0.4) is 0 Å². The van der Waals surface area contributed by atoms with Gasteiger partial charge in [0.1, 0.15) is 23.7 Å². The molecule has 2 nitrogen and oxygen atoms in total. The van der Waals surface area contributed by atoms with E-state index in [2.05, 4.69) is 68.3 Å². The fourth-order valence-electron chi connectivity index (χ4n) is 3.38. The predicted octanol–water partition coefficient (Wildman–Crippen LogP) is 4.67. The van der Waals surface area contributed by atoms with Gasteiger partial charge in [0.25, 0.3) is 0 Å². The summed E-state index contributed by atoms with van der Waals surface area (Å²) in [6.45, 7) is 0. The normalized spacial score (nSPS) is 21.5. The molecule has 0 radical (unpaired) electrons. The third kappa shape index (κ3) is 3.16. The number of rotatable bonds is 4. The summed E-state index contributed by atoms with van der Waals surface area (Å²) in [5, 5.41) is 1.77. The molecule has 2 unspecified atom stereocenters. The molecule has 0 spiro atoms. The Morgan fingerprint density at radius 3 is 1.70 bits per heavy atom. The number of hydrogen-bond donors (Lipinski definition) is 0. The zero-order valence-corrected chi connectivity index (χ0v) is 15.9. The van der Waals surface area contributed by atoms with E-state index in [1.807, 2.05) is 0 Å². The van der Waals surface area contributed by atoms with Crippen LogP contribution in [0.4, 0.5) is 0 Å². The zero-order valence-electron chi connectivity index (χ0n) is 12.7. The highest BCUT2D eigenvalue weighted by Gasteiger charge is 2.23. The molecule has 0 aliphatic carbocycles. The molecule has 0 saturated carbocycles. The number of hydrogen-bond acceptors (Lipinski definition) is 2. The van der Waals surface area contributed by atoms with Crippen molar-refractivity contribution in [2.24, 2.45) is 0 Å². The van der Waals surface area contributed by atoms with Gasteiger partial charge in [-0.2, -0.15) is 0 Å². The molecule has 23 heavy (non-hydrogen) atoms. The molecule has 4 heteroatoms. The largest absolute Gasteiger partial charge is 0.489 e. The van der Waals surface area contributed by atoms with Crippen LogP contribution < -0.4 is 9.47 Å². The molecule has 0 saturated heterocycles. The van der Waals surface area contributed by atoms with Gasteiger partial charge in [0.2, 0.25) is 0 Å². The van der Waals surface area contributed by atoms with Crippen molar-refractivity contribution in [1.82, 2.24) is 0 Å². The lowest BCUT2D eigenvalue weighted by Gasteiger charge is -2.07. The first-order chi connectivity index (χ1) is 11.2. The highest BCUT2D eigenvalue weighted by molar-refractivity contribution is 9.09. The van der Waals surface area contributed by atoms with Gasteiger partial charge in [0.05, 0.1) is 0 Å². The van der Waals surface area contributed by atoms with Crippen molar-refractivity contribution in [2.45, 2.75) is 31.5 Å². The maximum absolute atomic E-state index is 5.88. The molecule has 0 bridgehead atoms. The number of alkyl halides is 2. The van der Waals surface area contributed by atoms with E-state index in [1.165, 1.54) is 22.3 Å². The summed E-state index contributed by atoms with van der Waals surface area (Å²) in [6.07, 6.45) is 3.51. The summed E-state index contributed by atoms with van der Waals surface area (Å²) in [6, 6.07) is 13.2. The Kier molecular flexibility index (Phi) is 4.37. The van der Waals surface area contributed by atoms with E-state index in [1.54, 1.807) is 0 Å². The topological polar surface area (TPSA) is 18.5 Å². The molecule has 0 aromatic heterocycles. The van der Waals surface area contributed by atoms with Gasteiger partial charge >= 0.3 is 0 Å². The predicted molar refractivity (Wildman–Crippen MR) is 99.5 cm³/mol. The minimum absolute atomic E-state index is 0.276. The monoisotopic (exact) mass is 436 g/mol. The lowest BCUT2D eigenvalue weighted by Crippen LogP contribution is -2.13. The number of halogens is 2. The van der Waals surface area contributed by atoms with Crippen molar-refractivity contribution < 1.29 is 9.47 Å². The van der Waals surface area contributed by atoms with Crippen molar-refractivity contribution in [3.05, 3.63) is 58.7 Å². The van der Waals surface area contributed by atoms with Gasteiger partial charge < -0.3 is 9.47 Å². The summed E-state index contributed by atoms with van der Waals surface area (Å²) in [5.41, 5.74) is 5.35. The average Bonchev–Trinajstić information content (AvgIpc) is 3.16. The molecule has 2 heterocycles. The van der Waals surface area contributed by atoms with Gasteiger partial charge in [0, 0.05) is 23.5 Å². The standard InChI is InChI=1S/C19H18Br2O2/c20-10-16-8-14-6-12(1-3-18(14)22-16)5-13-2-4-19-15(7-13)9-17(11-21)23-19/h1-4,6-7,16-17H,5,8-11H2. The summed E-state index contributed by atoms with van der Waals surface area (Å²) >= 11 is 7.01. The van der Waals surface area contributed by atoms with Crippen molar-refractivity contribution in [3.8, 4) is 11.5 Å². The average molecular weight is 438 g/mol. The van der Waals surface area contributed by atoms with Crippen LogP contribution in [0.25, 0.3) is 0 Å². The molecule has 120 valence electrons. The maximum atomic E-state index is 5.88. The molecule has 2 aliphatic heterocycles. The van der Waals surface area contributed by atoms with Crippen LogP contribution in [0.2, 0.25) is 0 Å². The molecule has 0 N–H and O–H groups in total. The van der Waals surface area contributed by atoms with Crippen LogP contribution in [-0.2, 0) is 19.3 Å². The lowest BCUT2D eigenvalue weighted by molar-refractivity contribution is 0.260. The van der Waals surface area contributed by atoms with Gasteiger partial charge in [-0.25, -0.2) is 0 Å². The van der Waals surface area contributed by atoms with Crippen LogP contribution in [0.1, 0.15) is 22.3 Å². The first-order valence-electron chi connectivity index (χ1n) is 7.94. The second-order valence-corrected chi connectivity index (χ2v) is 7.55. The van der Waals surface area contributed by atoms with Crippen molar-refractivity contribution in [2.75, 3.05) is 10.7 Å². The second-order valence-electron chi connectivity index (χ2n) is 6.26. The number of ether oxygens (including phenoxy) is 2. The SMILES string of the molecule is BrCC1Cc2cc(Cc3ccc4c(c3)CC(CBr)O4)ccc2O1. The minimum Gasteiger partial charge on any atom is -0.489 e. The van der Waals surface area contributed by atoms with Crippen molar-refractivity contribution >= 4 is 31.9 Å². The molecule has 4 rings (SSSR count). The van der Waals surface area contributed by atoms with E-state index in [0.717, 1.165) is 41.4 Å². The summed E-state index contributed by atoms with van der Waals surface area (Å²) in [5.74, 6) is 2.08. The molecule has 2 aromatic carbocycles. The quantitative estimate of drug-likeness (QED) is 0.646. The van der Waals surface area contributed by atoms with Gasteiger partial charge in [-0.15, -0.1) is 0 Å². The zero-order chi connectivity index (χ0) is 15.8. The molecule has 2 atom stereocenters. The van der Waals surface area contributed by atoms with Gasteiger partial charge in [-0.1, -0.05) is 56.1 Å². The van der Waals surface area contributed by atoms with E-state index in [0.29, 0.717) is 0 Å². The van der Waals surface area contributed by atoms with Crippen molar-refractivity contribution in [1.29, 1.82) is 0 Å². The summed E-state index contributed by atoms with van der Waals surface area (Å²) in [7, 11) is 0. The Labute approximate surface area is 153 Å². The maximum Gasteiger partial charge on any atom is 0.123 e. The molecule has 0 amide bonds. The minimum atomic E-state index is 0.276. The van der Waals surface area contributed by atoms with Gasteiger partial charge in [-0.3, -0.25) is 0 Å². The van der Waals surface area contributed by atoms with Crippen LogP contribution in [0, 0.1) is 0 Å². The molecule has 0 fully saturated rings. The fourth-order valence-corrected chi connectivity index (χ4v) is 4.10. The van der Waals surface area contributed by atoms with Gasteiger partial charge in [-0.05, 0) is 40.8 Å². The molecule has 2 aliphatic rings. The molecular weight excluding hydrogens is 420 g/mol.